The van der Waals surface area contributed by atoms with E-state index in [1.165, 1.54) is 5.56 Å². The number of hydrogen-bond donors (Lipinski definition) is 0. The quantitative estimate of drug-likeness (QED) is 0.567. The van der Waals surface area contributed by atoms with Gasteiger partial charge in [-0.25, -0.2) is 0 Å². The minimum absolute atomic E-state index is 0.141. The highest BCUT2D eigenvalue weighted by Crippen LogP contribution is 2.27. The number of carbonyl (C=O) groups excluding carboxylic acids is 1. The molecule has 0 unspecified atom stereocenters. The van der Waals surface area contributed by atoms with E-state index in [0.29, 0.717) is 0 Å². The molecule has 1 aromatic carbocycles. The molecule has 1 heteroatoms. The second-order valence-electron chi connectivity index (χ2n) is 3.24. The van der Waals surface area contributed by atoms with Gasteiger partial charge in [0, 0.05) is 5.56 Å². The minimum atomic E-state index is 0.141. The summed E-state index contributed by atoms with van der Waals surface area (Å²) in [7, 11) is 0. The first-order valence-electron chi connectivity index (χ1n) is 4.02. The first-order valence-corrected chi connectivity index (χ1v) is 4.02. The van der Waals surface area contributed by atoms with Gasteiger partial charge in [0.1, 0.15) is 0 Å². The molecule has 0 saturated heterocycles. The van der Waals surface area contributed by atoms with Crippen molar-refractivity contribution in [3.05, 3.63) is 41.0 Å². The van der Waals surface area contributed by atoms with Crippen LogP contribution in [-0.4, -0.2) is 5.78 Å². The van der Waals surface area contributed by atoms with Gasteiger partial charge in [0.25, 0.3) is 0 Å². The van der Waals surface area contributed by atoms with E-state index in [2.05, 4.69) is 6.07 Å². The lowest BCUT2D eigenvalue weighted by Gasteiger charge is -2.00. The number of carbonyl (C=O) groups is 1. The standard InChI is InChI=1S/C11H10O/c1-7-3-4-9-10(5-7)8(2)6-11(9)12/h3-6H,1-2H3. The number of benzene rings is 1. The van der Waals surface area contributed by atoms with E-state index in [4.69, 9.17) is 0 Å². The third-order valence-electron chi connectivity index (χ3n) is 2.21. The summed E-state index contributed by atoms with van der Waals surface area (Å²) >= 11 is 0. The Morgan fingerprint density at radius 3 is 2.58 bits per heavy atom. The molecule has 2 rings (SSSR count). The fourth-order valence-electron chi connectivity index (χ4n) is 1.55. The molecular weight excluding hydrogens is 148 g/mol. The fourth-order valence-corrected chi connectivity index (χ4v) is 1.55. The molecule has 0 aliphatic heterocycles. The Balaban J connectivity index is 2.69. The Hall–Kier alpha value is -1.37. The van der Waals surface area contributed by atoms with Gasteiger partial charge in [0.2, 0.25) is 0 Å². The van der Waals surface area contributed by atoms with Gasteiger partial charge in [-0.15, -0.1) is 0 Å². The van der Waals surface area contributed by atoms with Gasteiger partial charge in [-0.1, -0.05) is 23.8 Å². The summed E-state index contributed by atoms with van der Waals surface area (Å²) in [4.78, 5) is 11.3. The number of aryl methyl sites for hydroxylation is 1. The van der Waals surface area contributed by atoms with Crippen molar-refractivity contribution in [2.45, 2.75) is 13.8 Å². The molecule has 0 radical (unpaired) electrons. The molecule has 0 fully saturated rings. The molecule has 1 aromatic rings. The molecule has 0 bridgehead atoms. The van der Waals surface area contributed by atoms with Gasteiger partial charge in [-0.3, -0.25) is 4.79 Å². The summed E-state index contributed by atoms with van der Waals surface area (Å²) in [6.45, 7) is 4.01. The molecule has 0 spiro atoms. The molecule has 0 saturated carbocycles. The van der Waals surface area contributed by atoms with Gasteiger partial charge >= 0.3 is 0 Å². The van der Waals surface area contributed by atoms with E-state index in [1.807, 2.05) is 26.0 Å². The Kier molecular flexibility index (Phi) is 1.40. The summed E-state index contributed by atoms with van der Waals surface area (Å²) in [5.41, 5.74) is 4.23. The van der Waals surface area contributed by atoms with Gasteiger partial charge in [-0.2, -0.15) is 0 Å². The number of ketones is 1. The van der Waals surface area contributed by atoms with Crippen LogP contribution in [0.5, 0.6) is 0 Å². The van der Waals surface area contributed by atoms with Crippen LogP contribution in [-0.2, 0) is 0 Å². The highest BCUT2D eigenvalue weighted by Gasteiger charge is 2.17. The monoisotopic (exact) mass is 158 g/mol. The van der Waals surface area contributed by atoms with Crippen LogP contribution in [0, 0.1) is 6.92 Å². The maximum absolute atomic E-state index is 11.3. The van der Waals surface area contributed by atoms with Crippen molar-refractivity contribution in [2.24, 2.45) is 0 Å². The van der Waals surface area contributed by atoms with Crippen LogP contribution in [0.2, 0.25) is 0 Å². The topological polar surface area (TPSA) is 17.1 Å². The van der Waals surface area contributed by atoms with Crippen molar-refractivity contribution in [3.63, 3.8) is 0 Å². The first-order chi connectivity index (χ1) is 5.68. The molecule has 60 valence electrons. The van der Waals surface area contributed by atoms with Crippen molar-refractivity contribution in [1.29, 1.82) is 0 Å². The van der Waals surface area contributed by atoms with E-state index < -0.39 is 0 Å². The third-order valence-corrected chi connectivity index (χ3v) is 2.21. The number of rotatable bonds is 0. The maximum atomic E-state index is 11.3. The summed E-state index contributed by atoms with van der Waals surface area (Å²) in [6, 6.07) is 5.94. The van der Waals surface area contributed by atoms with Gasteiger partial charge in [0.15, 0.2) is 5.78 Å². The smallest absolute Gasteiger partial charge is 0.186 e. The summed E-state index contributed by atoms with van der Waals surface area (Å²) in [5, 5.41) is 0. The second kappa shape index (κ2) is 2.31. The predicted octanol–water partition coefficient (Wildman–Crippen LogP) is 2.59. The molecule has 12 heavy (non-hydrogen) atoms. The van der Waals surface area contributed by atoms with Crippen molar-refractivity contribution in [2.75, 3.05) is 0 Å². The zero-order chi connectivity index (χ0) is 8.72. The minimum Gasteiger partial charge on any atom is -0.289 e. The zero-order valence-corrected chi connectivity index (χ0v) is 7.22. The molecule has 0 atom stereocenters. The lowest BCUT2D eigenvalue weighted by Crippen LogP contribution is -1.91. The molecular formula is C11H10O. The van der Waals surface area contributed by atoms with Gasteiger partial charge in [0.05, 0.1) is 0 Å². The van der Waals surface area contributed by atoms with E-state index in [1.54, 1.807) is 6.08 Å². The van der Waals surface area contributed by atoms with Crippen LogP contribution in [0.15, 0.2) is 24.3 Å². The molecule has 0 aromatic heterocycles. The predicted molar refractivity (Wildman–Crippen MR) is 49.2 cm³/mol. The van der Waals surface area contributed by atoms with E-state index in [9.17, 15) is 4.79 Å². The normalized spacial score (nSPS) is 14.5. The van der Waals surface area contributed by atoms with Crippen LogP contribution in [0.3, 0.4) is 0 Å². The lowest BCUT2D eigenvalue weighted by molar-refractivity contribution is 0.105. The molecule has 1 nitrogen and oxygen atoms in total. The van der Waals surface area contributed by atoms with Crippen molar-refractivity contribution in [1.82, 2.24) is 0 Å². The Bertz CT molecular complexity index is 386. The Labute approximate surface area is 71.7 Å². The van der Waals surface area contributed by atoms with E-state index in [0.717, 1.165) is 16.7 Å². The zero-order valence-electron chi connectivity index (χ0n) is 7.22. The lowest BCUT2D eigenvalue weighted by atomic mass is 10.0. The molecule has 1 aliphatic rings. The SMILES string of the molecule is CC1=CC(=O)c2ccc(C)cc21. The van der Waals surface area contributed by atoms with Crippen molar-refractivity contribution >= 4 is 11.4 Å². The van der Waals surface area contributed by atoms with Crippen molar-refractivity contribution < 1.29 is 4.79 Å². The highest BCUT2D eigenvalue weighted by atomic mass is 16.1. The largest absolute Gasteiger partial charge is 0.289 e. The maximum Gasteiger partial charge on any atom is 0.186 e. The summed E-state index contributed by atoms with van der Waals surface area (Å²) in [5.74, 6) is 0.141. The molecule has 0 heterocycles. The third kappa shape index (κ3) is 0.900. The summed E-state index contributed by atoms with van der Waals surface area (Å²) in [6.07, 6.45) is 1.70. The highest BCUT2D eigenvalue weighted by molar-refractivity contribution is 6.16. The summed E-state index contributed by atoms with van der Waals surface area (Å²) < 4.78 is 0. The second-order valence-corrected chi connectivity index (χ2v) is 3.24. The number of hydrogen-bond acceptors (Lipinski definition) is 1. The van der Waals surface area contributed by atoms with Crippen LogP contribution >= 0.6 is 0 Å². The average molecular weight is 158 g/mol. The van der Waals surface area contributed by atoms with Crippen molar-refractivity contribution in [3.8, 4) is 0 Å². The molecule has 0 amide bonds. The Morgan fingerprint density at radius 1 is 1.08 bits per heavy atom. The number of allylic oxidation sites excluding steroid dienone is 2. The average Bonchev–Trinajstić information content (AvgIpc) is 2.28. The van der Waals surface area contributed by atoms with Crippen LogP contribution < -0.4 is 0 Å². The van der Waals surface area contributed by atoms with E-state index >= 15 is 0 Å². The Morgan fingerprint density at radius 2 is 1.83 bits per heavy atom. The molecule has 0 N–H and O–H groups in total. The van der Waals surface area contributed by atoms with Crippen LogP contribution in [0.25, 0.3) is 5.57 Å². The fraction of sp³-hybridized carbons (Fsp3) is 0.182. The molecule has 1 aliphatic carbocycles. The number of fused-ring (bicyclic) bond motifs is 1. The van der Waals surface area contributed by atoms with E-state index in [-0.39, 0.29) is 5.78 Å². The van der Waals surface area contributed by atoms with Crippen LogP contribution in [0.1, 0.15) is 28.4 Å². The first kappa shape index (κ1) is 7.29. The van der Waals surface area contributed by atoms with Gasteiger partial charge in [-0.05, 0) is 31.1 Å². The van der Waals surface area contributed by atoms with Crippen LogP contribution in [0.4, 0.5) is 0 Å². The van der Waals surface area contributed by atoms with Gasteiger partial charge < -0.3 is 0 Å².